The second-order valence-corrected chi connectivity index (χ2v) is 6.69. The van der Waals surface area contributed by atoms with Crippen molar-refractivity contribution >= 4 is 45.9 Å². The number of thiocarbonyl (C=S) groups is 1. The van der Waals surface area contributed by atoms with Gasteiger partial charge in [-0.05, 0) is 31.0 Å². The van der Waals surface area contributed by atoms with Crippen LogP contribution < -0.4 is 5.73 Å². The number of anilines is 1. The molecule has 2 aromatic heterocycles. The molecule has 21 heavy (non-hydrogen) atoms. The van der Waals surface area contributed by atoms with Crippen molar-refractivity contribution in [3.63, 3.8) is 0 Å². The molecule has 0 fully saturated rings. The Morgan fingerprint density at radius 2 is 2.33 bits per heavy atom. The minimum Gasteiger partial charge on any atom is -0.489 e. The van der Waals surface area contributed by atoms with Gasteiger partial charge in [0.05, 0.1) is 18.2 Å². The number of ether oxygens (including phenoxy) is 1. The number of fused-ring (bicyclic) bond motifs is 3. The molecular weight excluding hydrogens is 306 g/mol. The van der Waals surface area contributed by atoms with Gasteiger partial charge in [-0.15, -0.1) is 0 Å². The summed E-state index contributed by atoms with van der Waals surface area (Å²) in [5.74, 6) is 2.67. The van der Waals surface area contributed by atoms with E-state index in [1.54, 1.807) is 7.11 Å². The smallest absolute Gasteiger partial charge is 0.232 e. The molecule has 3 rings (SSSR count). The Balaban J connectivity index is 1.96. The van der Waals surface area contributed by atoms with Crippen molar-refractivity contribution in [1.29, 1.82) is 0 Å². The van der Waals surface area contributed by atoms with Gasteiger partial charge in [-0.3, -0.25) is 0 Å². The third kappa shape index (κ3) is 2.85. The SMILES string of the molecule is COC(=S)CSc1nc(N)c2c3c(oc2n1)CCC(C)C3. The topological polar surface area (TPSA) is 74.2 Å². The minimum atomic E-state index is 0.491. The third-order valence-corrected chi connectivity index (χ3v) is 5.05. The summed E-state index contributed by atoms with van der Waals surface area (Å²) in [7, 11) is 1.56. The molecule has 0 radical (unpaired) electrons. The summed E-state index contributed by atoms with van der Waals surface area (Å²) in [6.07, 6.45) is 3.07. The Labute approximate surface area is 132 Å². The fraction of sp³-hybridized carbons (Fsp3) is 0.500. The lowest BCUT2D eigenvalue weighted by molar-refractivity contribution is 0.412. The highest BCUT2D eigenvalue weighted by atomic mass is 32.2. The van der Waals surface area contributed by atoms with Crippen LogP contribution in [0.2, 0.25) is 0 Å². The Morgan fingerprint density at radius 3 is 3.10 bits per heavy atom. The maximum Gasteiger partial charge on any atom is 0.232 e. The summed E-state index contributed by atoms with van der Waals surface area (Å²) in [6.45, 7) is 2.24. The first kappa shape index (κ1) is 14.6. The highest BCUT2D eigenvalue weighted by Crippen LogP contribution is 2.36. The van der Waals surface area contributed by atoms with Gasteiger partial charge >= 0.3 is 0 Å². The van der Waals surface area contributed by atoms with Crippen molar-refractivity contribution in [3.8, 4) is 0 Å². The number of hydrogen-bond acceptors (Lipinski definition) is 7. The second kappa shape index (κ2) is 5.81. The molecule has 2 aromatic rings. The van der Waals surface area contributed by atoms with Crippen LogP contribution in [0.25, 0.3) is 11.1 Å². The molecule has 0 saturated heterocycles. The van der Waals surface area contributed by atoms with Gasteiger partial charge in [0, 0.05) is 12.0 Å². The zero-order valence-electron chi connectivity index (χ0n) is 12.0. The van der Waals surface area contributed by atoms with E-state index in [0.29, 0.717) is 33.4 Å². The van der Waals surface area contributed by atoms with Crippen molar-refractivity contribution in [2.24, 2.45) is 5.92 Å². The molecule has 1 atom stereocenters. The quantitative estimate of drug-likeness (QED) is 0.528. The Hall–Kier alpha value is -1.34. The standard InChI is InChI=1S/C14H17N3O2S2/c1-7-3-4-9-8(5-7)11-12(15)16-14(17-13(11)19-9)21-6-10(20)18-2/h7H,3-6H2,1-2H3,(H2,15,16,17). The van der Waals surface area contributed by atoms with E-state index in [1.807, 2.05) is 0 Å². The van der Waals surface area contributed by atoms with E-state index in [4.69, 9.17) is 27.1 Å². The summed E-state index contributed by atoms with van der Waals surface area (Å²) in [4.78, 5) is 8.83. The number of aromatic nitrogens is 2. The number of nitrogens with two attached hydrogens (primary N) is 1. The van der Waals surface area contributed by atoms with Crippen molar-refractivity contribution in [2.75, 3.05) is 18.6 Å². The Kier molecular flexibility index (Phi) is 4.03. The van der Waals surface area contributed by atoms with Crippen molar-refractivity contribution in [3.05, 3.63) is 11.3 Å². The molecule has 0 spiro atoms. The molecule has 0 aromatic carbocycles. The number of methoxy groups -OCH3 is 1. The van der Waals surface area contributed by atoms with Crippen LogP contribution in [-0.2, 0) is 17.6 Å². The van der Waals surface area contributed by atoms with Crippen LogP contribution >= 0.6 is 24.0 Å². The lowest BCUT2D eigenvalue weighted by atomic mass is 9.88. The van der Waals surface area contributed by atoms with Crippen molar-refractivity contribution in [1.82, 2.24) is 9.97 Å². The van der Waals surface area contributed by atoms with E-state index in [1.165, 1.54) is 17.3 Å². The van der Waals surface area contributed by atoms with Crippen LogP contribution in [0, 0.1) is 5.92 Å². The Morgan fingerprint density at radius 1 is 1.52 bits per heavy atom. The van der Waals surface area contributed by atoms with E-state index in [9.17, 15) is 0 Å². The zero-order valence-corrected chi connectivity index (χ0v) is 13.6. The molecule has 112 valence electrons. The van der Waals surface area contributed by atoms with Crippen LogP contribution in [0.4, 0.5) is 5.82 Å². The maximum atomic E-state index is 6.12. The van der Waals surface area contributed by atoms with Gasteiger partial charge in [-0.2, -0.15) is 4.98 Å². The van der Waals surface area contributed by atoms with Crippen LogP contribution in [0.1, 0.15) is 24.7 Å². The van der Waals surface area contributed by atoms with E-state index in [2.05, 4.69) is 16.9 Å². The van der Waals surface area contributed by atoms with Crippen LogP contribution in [0.5, 0.6) is 0 Å². The summed E-state index contributed by atoms with van der Waals surface area (Å²) in [6, 6.07) is 0. The van der Waals surface area contributed by atoms with Gasteiger partial charge < -0.3 is 14.9 Å². The molecule has 0 amide bonds. The number of nitrogens with zero attached hydrogens (tertiary/aromatic N) is 2. The number of aryl methyl sites for hydroxylation is 1. The minimum absolute atomic E-state index is 0.491. The number of hydrogen-bond donors (Lipinski definition) is 1. The number of furan rings is 1. The van der Waals surface area contributed by atoms with E-state index in [-0.39, 0.29) is 0 Å². The van der Waals surface area contributed by atoms with E-state index >= 15 is 0 Å². The predicted octanol–water partition coefficient (Wildman–Crippen LogP) is 3.00. The van der Waals surface area contributed by atoms with Crippen LogP contribution in [-0.4, -0.2) is 27.9 Å². The van der Waals surface area contributed by atoms with Gasteiger partial charge in [0.2, 0.25) is 5.71 Å². The molecule has 0 aliphatic heterocycles. The molecule has 2 heterocycles. The molecule has 7 heteroatoms. The summed E-state index contributed by atoms with van der Waals surface area (Å²) >= 11 is 6.41. The first-order valence-electron chi connectivity index (χ1n) is 6.86. The predicted molar refractivity (Wildman–Crippen MR) is 87.7 cm³/mol. The van der Waals surface area contributed by atoms with Crippen molar-refractivity contribution < 1.29 is 9.15 Å². The lowest BCUT2D eigenvalue weighted by Gasteiger charge is -2.16. The third-order valence-electron chi connectivity index (χ3n) is 3.71. The molecule has 1 unspecified atom stereocenters. The first-order valence-corrected chi connectivity index (χ1v) is 8.25. The number of thioether (sulfide) groups is 1. The molecule has 1 aliphatic carbocycles. The monoisotopic (exact) mass is 323 g/mol. The highest BCUT2D eigenvalue weighted by Gasteiger charge is 2.25. The first-order chi connectivity index (χ1) is 10.1. The van der Waals surface area contributed by atoms with E-state index in [0.717, 1.165) is 30.4 Å². The van der Waals surface area contributed by atoms with Gasteiger partial charge in [0.15, 0.2) is 10.2 Å². The molecule has 0 bridgehead atoms. The van der Waals surface area contributed by atoms with Gasteiger partial charge in [0.1, 0.15) is 11.6 Å². The average Bonchev–Trinajstić information content (AvgIpc) is 2.82. The molecular formula is C14H17N3O2S2. The summed E-state index contributed by atoms with van der Waals surface area (Å²) in [5, 5.41) is 1.96. The van der Waals surface area contributed by atoms with Crippen LogP contribution in [0.3, 0.4) is 0 Å². The number of rotatable bonds is 3. The summed E-state index contributed by atoms with van der Waals surface area (Å²) in [5.41, 5.74) is 7.90. The summed E-state index contributed by atoms with van der Waals surface area (Å²) < 4.78 is 10.9. The van der Waals surface area contributed by atoms with Gasteiger partial charge in [0.25, 0.3) is 0 Å². The molecule has 2 N–H and O–H groups in total. The van der Waals surface area contributed by atoms with Gasteiger partial charge in [-0.25, -0.2) is 4.98 Å². The highest BCUT2D eigenvalue weighted by molar-refractivity contribution is 8.00. The zero-order chi connectivity index (χ0) is 15.0. The molecule has 1 aliphatic rings. The average molecular weight is 323 g/mol. The second-order valence-electron chi connectivity index (χ2n) is 5.29. The van der Waals surface area contributed by atoms with Gasteiger partial charge in [-0.1, -0.05) is 18.7 Å². The molecule has 0 saturated carbocycles. The fourth-order valence-electron chi connectivity index (χ4n) is 2.60. The Bertz CT molecular complexity index is 699. The van der Waals surface area contributed by atoms with Crippen LogP contribution in [0.15, 0.2) is 9.57 Å². The van der Waals surface area contributed by atoms with Crippen molar-refractivity contribution in [2.45, 2.75) is 31.3 Å². The lowest BCUT2D eigenvalue weighted by Crippen LogP contribution is -2.09. The maximum absolute atomic E-state index is 6.12. The molecule has 5 nitrogen and oxygen atoms in total. The normalized spacial score (nSPS) is 17.7. The number of nitrogen functional groups attached to an aromatic ring is 1. The largest absolute Gasteiger partial charge is 0.489 e. The van der Waals surface area contributed by atoms with E-state index < -0.39 is 0 Å². The fourth-order valence-corrected chi connectivity index (χ4v) is 3.46.